The van der Waals surface area contributed by atoms with E-state index in [1.54, 1.807) is 7.11 Å². The Morgan fingerprint density at radius 3 is 2.38 bits per heavy atom. The van der Waals surface area contributed by atoms with Crippen molar-refractivity contribution in [3.8, 4) is 0 Å². The van der Waals surface area contributed by atoms with Crippen LogP contribution in [0.25, 0.3) is 0 Å². The van der Waals surface area contributed by atoms with Crippen LogP contribution in [0.15, 0.2) is 0 Å². The SMILES string of the molecule is COC1CCN(C(=O)C2(C(N)=S)CC2)CC1. The molecule has 16 heavy (non-hydrogen) atoms. The fraction of sp³-hybridized carbons (Fsp3) is 0.818. The third kappa shape index (κ3) is 1.94. The number of carbonyl (C=O) groups is 1. The maximum Gasteiger partial charge on any atom is 0.235 e. The second-order valence-electron chi connectivity index (χ2n) is 4.67. The number of piperidine rings is 1. The van der Waals surface area contributed by atoms with E-state index in [0.29, 0.717) is 11.1 Å². The van der Waals surface area contributed by atoms with Crippen molar-refractivity contribution in [3.05, 3.63) is 0 Å². The summed E-state index contributed by atoms with van der Waals surface area (Å²) in [6, 6.07) is 0. The van der Waals surface area contributed by atoms with Gasteiger partial charge in [-0.2, -0.15) is 0 Å². The molecule has 2 aliphatic rings. The summed E-state index contributed by atoms with van der Waals surface area (Å²) in [7, 11) is 1.72. The van der Waals surface area contributed by atoms with Crippen molar-refractivity contribution in [1.82, 2.24) is 4.90 Å². The van der Waals surface area contributed by atoms with Crippen LogP contribution in [0.3, 0.4) is 0 Å². The molecular formula is C11H18N2O2S. The first-order valence-electron chi connectivity index (χ1n) is 5.72. The average molecular weight is 242 g/mol. The van der Waals surface area contributed by atoms with E-state index in [9.17, 15) is 4.79 Å². The van der Waals surface area contributed by atoms with Crippen LogP contribution in [0.2, 0.25) is 0 Å². The topological polar surface area (TPSA) is 55.6 Å². The highest BCUT2D eigenvalue weighted by atomic mass is 32.1. The fourth-order valence-corrected chi connectivity index (χ4v) is 2.58. The van der Waals surface area contributed by atoms with Crippen molar-refractivity contribution in [2.45, 2.75) is 31.8 Å². The third-order valence-corrected chi connectivity index (χ3v) is 4.08. The molecule has 4 nitrogen and oxygen atoms in total. The van der Waals surface area contributed by atoms with Gasteiger partial charge in [0.15, 0.2) is 0 Å². The highest BCUT2D eigenvalue weighted by Gasteiger charge is 2.54. The molecule has 1 saturated heterocycles. The van der Waals surface area contributed by atoms with E-state index in [1.165, 1.54) is 0 Å². The molecule has 5 heteroatoms. The van der Waals surface area contributed by atoms with Gasteiger partial charge in [0, 0.05) is 20.2 Å². The molecule has 1 amide bonds. The molecule has 0 bridgehead atoms. The lowest BCUT2D eigenvalue weighted by molar-refractivity contribution is -0.136. The lowest BCUT2D eigenvalue weighted by atomic mass is 10.0. The summed E-state index contributed by atoms with van der Waals surface area (Å²) in [4.78, 5) is 14.5. The highest BCUT2D eigenvalue weighted by molar-refractivity contribution is 7.80. The zero-order valence-electron chi connectivity index (χ0n) is 9.57. The standard InChI is InChI=1S/C11H18N2O2S/c1-15-8-2-6-13(7-3-8)10(14)11(4-5-11)9(12)16/h8H,2-7H2,1H3,(H2,12,16). The molecule has 0 atom stereocenters. The monoisotopic (exact) mass is 242 g/mol. The van der Waals surface area contributed by atoms with Gasteiger partial charge in [0.25, 0.3) is 0 Å². The van der Waals surface area contributed by atoms with Crippen molar-refractivity contribution >= 4 is 23.1 Å². The molecule has 2 N–H and O–H groups in total. The molecule has 1 heterocycles. The maximum atomic E-state index is 12.2. The van der Waals surface area contributed by atoms with Gasteiger partial charge in [-0.1, -0.05) is 12.2 Å². The Kier molecular flexibility index (Phi) is 3.17. The highest BCUT2D eigenvalue weighted by Crippen LogP contribution is 2.47. The number of methoxy groups -OCH3 is 1. The van der Waals surface area contributed by atoms with Gasteiger partial charge in [-0.05, 0) is 25.7 Å². The number of nitrogens with two attached hydrogens (primary N) is 1. The summed E-state index contributed by atoms with van der Waals surface area (Å²) in [6.45, 7) is 1.53. The predicted molar refractivity (Wildman–Crippen MR) is 65.1 cm³/mol. The zero-order chi connectivity index (χ0) is 11.8. The summed E-state index contributed by atoms with van der Waals surface area (Å²) in [5.74, 6) is 0.134. The molecule has 0 spiro atoms. The van der Waals surface area contributed by atoms with Crippen LogP contribution in [0.5, 0.6) is 0 Å². The molecule has 90 valence electrons. The molecule has 2 fully saturated rings. The second-order valence-corrected chi connectivity index (χ2v) is 5.11. The first kappa shape index (κ1) is 11.8. The van der Waals surface area contributed by atoms with Crippen molar-refractivity contribution in [2.24, 2.45) is 11.1 Å². The molecular weight excluding hydrogens is 224 g/mol. The molecule has 1 aliphatic carbocycles. The van der Waals surface area contributed by atoms with Crippen LogP contribution in [0, 0.1) is 5.41 Å². The summed E-state index contributed by atoms with van der Waals surface area (Å²) in [6.07, 6.45) is 3.77. The van der Waals surface area contributed by atoms with E-state index in [1.807, 2.05) is 4.90 Å². The zero-order valence-corrected chi connectivity index (χ0v) is 10.4. The van der Waals surface area contributed by atoms with Gasteiger partial charge in [0.2, 0.25) is 5.91 Å². The first-order valence-corrected chi connectivity index (χ1v) is 6.13. The number of thiocarbonyl (C=S) groups is 1. The van der Waals surface area contributed by atoms with Crippen molar-refractivity contribution in [2.75, 3.05) is 20.2 Å². The van der Waals surface area contributed by atoms with E-state index < -0.39 is 5.41 Å². The number of nitrogens with zero attached hydrogens (tertiary/aromatic N) is 1. The Labute approximate surface area is 101 Å². The van der Waals surface area contributed by atoms with Crippen molar-refractivity contribution < 1.29 is 9.53 Å². The lowest BCUT2D eigenvalue weighted by Crippen LogP contribution is -2.47. The summed E-state index contributed by atoms with van der Waals surface area (Å²) < 4.78 is 5.28. The van der Waals surface area contributed by atoms with Gasteiger partial charge in [-0.3, -0.25) is 4.79 Å². The van der Waals surface area contributed by atoms with Gasteiger partial charge in [-0.15, -0.1) is 0 Å². The second kappa shape index (κ2) is 4.30. The predicted octanol–water partition coefficient (Wildman–Crippen LogP) is 0.690. The largest absolute Gasteiger partial charge is 0.392 e. The molecule has 0 aromatic rings. The van der Waals surface area contributed by atoms with Gasteiger partial charge in [-0.25, -0.2) is 0 Å². The van der Waals surface area contributed by atoms with Crippen LogP contribution >= 0.6 is 12.2 Å². The quantitative estimate of drug-likeness (QED) is 0.740. The van der Waals surface area contributed by atoms with Crippen molar-refractivity contribution in [1.29, 1.82) is 0 Å². The van der Waals surface area contributed by atoms with E-state index in [-0.39, 0.29) is 5.91 Å². The van der Waals surface area contributed by atoms with E-state index in [4.69, 9.17) is 22.7 Å². The number of amides is 1. The van der Waals surface area contributed by atoms with Crippen LogP contribution in [-0.4, -0.2) is 42.1 Å². The minimum absolute atomic E-state index is 0.134. The number of hydrogen-bond donors (Lipinski definition) is 1. The number of hydrogen-bond acceptors (Lipinski definition) is 3. The van der Waals surface area contributed by atoms with Crippen LogP contribution in [0.4, 0.5) is 0 Å². The van der Waals surface area contributed by atoms with E-state index in [0.717, 1.165) is 38.8 Å². The molecule has 1 aliphatic heterocycles. The molecule has 0 unspecified atom stereocenters. The summed E-state index contributed by atoms with van der Waals surface area (Å²) in [5.41, 5.74) is 5.16. The van der Waals surface area contributed by atoms with Gasteiger partial charge in [0.1, 0.15) is 0 Å². The van der Waals surface area contributed by atoms with Crippen LogP contribution < -0.4 is 5.73 Å². The maximum absolute atomic E-state index is 12.2. The first-order chi connectivity index (χ1) is 7.60. The minimum atomic E-state index is -0.491. The van der Waals surface area contributed by atoms with Crippen molar-refractivity contribution in [3.63, 3.8) is 0 Å². The molecule has 0 aromatic heterocycles. The number of carbonyl (C=O) groups excluding carboxylic acids is 1. The Hall–Kier alpha value is -0.680. The Bertz CT molecular complexity index is 307. The minimum Gasteiger partial charge on any atom is -0.392 e. The van der Waals surface area contributed by atoms with Gasteiger partial charge < -0.3 is 15.4 Å². The molecule has 1 saturated carbocycles. The molecule has 0 aromatic carbocycles. The van der Waals surface area contributed by atoms with E-state index in [2.05, 4.69) is 0 Å². The fourth-order valence-electron chi connectivity index (χ4n) is 2.29. The third-order valence-electron chi connectivity index (χ3n) is 3.69. The smallest absolute Gasteiger partial charge is 0.235 e. The van der Waals surface area contributed by atoms with Gasteiger partial charge >= 0.3 is 0 Å². The summed E-state index contributed by atoms with van der Waals surface area (Å²) >= 11 is 4.99. The Morgan fingerprint density at radius 2 is 2.00 bits per heavy atom. The number of ether oxygens (including phenoxy) is 1. The average Bonchev–Trinajstić information content (AvgIpc) is 3.09. The van der Waals surface area contributed by atoms with E-state index >= 15 is 0 Å². The van der Waals surface area contributed by atoms with Gasteiger partial charge in [0.05, 0.1) is 16.5 Å². The molecule has 2 rings (SSSR count). The summed E-state index contributed by atoms with van der Waals surface area (Å²) in [5, 5.41) is 0. The molecule has 0 radical (unpaired) electrons. The number of likely N-dealkylation sites (tertiary alicyclic amines) is 1. The number of rotatable bonds is 3. The Balaban J connectivity index is 1.95. The van der Waals surface area contributed by atoms with Crippen LogP contribution in [-0.2, 0) is 9.53 Å². The lowest BCUT2D eigenvalue weighted by Gasteiger charge is -2.33. The Morgan fingerprint density at radius 1 is 1.44 bits per heavy atom. The normalized spacial score (nSPS) is 24.2. The van der Waals surface area contributed by atoms with Crippen LogP contribution in [0.1, 0.15) is 25.7 Å².